The maximum atomic E-state index is 12.8. The van der Waals surface area contributed by atoms with Gasteiger partial charge in [0.25, 0.3) is 5.91 Å². The third kappa shape index (κ3) is 5.60. The van der Waals surface area contributed by atoms with E-state index in [1.54, 1.807) is 30.5 Å². The molecule has 0 fully saturated rings. The summed E-state index contributed by atoms with van der Waals surface area (Å²) in [6.07, 6.45) is 4.82. The first-order valence-electron chi connectivity index (χ1n) is 11.2. The maximum absolute atomic E-state index is 12.8. The van der Waals surface area contributed by atoms with Gasteiger partial charge >= 0.3 is 0 Å². The number of aryl methyl sites for hydroxylation is 2. The van der Waals surface area contributed by atoms with Crippen molar-refractivity contribution >= 4 is 21.6 Å². The Bertz CT molecular complexity index is 1440. The Morgan fingerprint density at radius 3 is 2.23 bits per heavy atom. The number of nitrogens with zero attached hydrogens (tertiary/aromatic N) is 3. The van der Waals surface area contributed by atoms with Crippen molar-refractivity contribution in [1.82, 2.24) is 14.9 Å². The second kappa shape index (κ2) is 10.1. The highest BCUT2D eigenvalue weighted by Crippen LogP contribution is 2.23. The Kier molecular flexibility index (Phi) is 7.02. The number of nitrogens with one attached hydrogen (secondary N) is 1. The van der Waals surface area contributed by atoms with E-state index in [-0.39, 0.29) is 12.5 Å². The molecule has 4 rings (SSSR count). The van der Waals surface area contributed by atoms with Gasteiger partial charge in [-0.15, -0.1) is 0 Å². The number of imidazole rings is 1. The third-order valence-corrected chi connectivity index (χ3v) is 7.05. The number of aromatic nitrogens is 2. The summed E-state index contributed by atoms with van der Waals surface area (Å²) in [5, 5.41) is 2.96. The molecule has 0 atom stereocenters. The van der Waals surface area contributed by atoms with E-state index in [0.29, 0.717) is 17.8 Å². The molecule has 0 saturated carbocycles. The normalized spacial score (nSPS) is 11.3. The number of hydrogen-bond donors (Lipinski definition) is 1. The fourth-order valence-corrected chi connectivity index (χ4v) is 4.81. The quantitative estimate of drug-likeness (QED) is 0.399. The lowest BCUT2D eigenvalue weighted by molar-refractivity contribution is 0.0951. The van der Waals surface area contributed by atoms with Crippen molar-refractivity contribution in [2.24, 2.45) is 0 Å². The largest absolute Gasteiger partial charge is 0.348 e. The van der Waals surface area contributed by atoms with Gasteiger partial charge in [0, 0.05) is 24.5 Å². The van der Waals surface area contributed by atoms with Gasteiger partial charge in [-0.3, -0.25) is 9.10 Å². The Labute approximate surface area is 206 Å². The van der Waals surface area contributed by atoms with Gasteiger partial charge in [0.2, 0.25) is 10.0 Å². The summed E-state index contributed by atoms with van der Waals surface area (Å²) in [5.41, 5.74) is 4.82. The summed E-state index contributed by atoms with van der Waals surface area (Å²) in [5.74, 6) is 0.624. The van der Waals surface area contributed by atoms with E-state index in [1.807, 2.05) is 73.1 Å². The van der Waals surface area contributed by atoms with Crippen LogP contribution in [0.25, 0.3) is 5.69 Å². The van der Waals surface area contributed by atoms with Gasteiger partial charge in [0.05, 0.1) is 24.2 Å². The molecule has 1 amide bonds. The number of rotatable bonds is 8. The van der Waals surface area contributed by atoms with Gasteiger partial charge < -0.3 is 9.88 Å². The Balaban J connectivity index is 1.49. The number of hydrogen-bond acceptors (Lipinski definition) is 4. The lowest BCUT2D eigenvalue weighted by Crippen LogP contribution is -2.29. The second-order valence-electron chi connectivity index (χ2n) is 8.40. The number of para-hydroxylation sites is 1. The second-order valence-corrected chi connectivity index (χ2v) is 10.3. The van der Waals surface area contributed by atoms with Crippen LogP contribution in [0.1, 0.15) is 32.9 Å². The SMILES string of the molecule is Cc1ccccc1CN(c1ccc(C(=O)NCc2ccccc2-n2ccnc2C)cc1)S(C)(=O)=O. The molecule has 0 saturated heterocycles. The van der Waals surface area contributed by atoms with Crippen LogP contribution in [-0.2, 0) is 23.1 Å². The molecular weight excluding hydrogens is 460 g/mol. The van der Waals surface area contributed by atoms with Crippen LogP contribution < -0.4 is 9.62 Å². The molecule has 0 aliphatic heterocycles. The average molecular weight is 489 g/mol. The lowest BCUT2D eigenvalue weighted by atomic mass is 10.1. The topological polar surface area (TPSA) is 84.3 Å². The minimum atomic E-state index is -3.52. The highest BCUT2D eigenvalue weighted by molar-refractivity contribution is 7.92. The molecule has 0 spiro atoms. The van der Waals surface area contributed by atoms with Crippen LogP contribution in [0.3, 0.4) is 0 Å². The van der Waals surface area contributed by atoms with Gasteiger partial charge in [-0.25, -0.2) is 13.4 Å². The lowest BCUT2D eigenvalue weighted by Gasteiger charge is -2.23. The number of carbonyl (C=O) groups excluding carboxylic acids is 1. The first-order valence-corrected chi connectivity index (χ1v) is 13.1. The number of carbonyl (C=O) groups is 1. The zero-order valence-electron chi connectivity index (χ0n) is 20.0. The van der Waals surface area contributed by atoms with Crippen LogP contribution in [-0.4, -0.2) is 30.1 Å². The number of sulfonamides is 1. The minimum absolute atomic E-state index is 0.224. The molecule has 0 radical (unpaired) electrons. The molecule has 7 nitrogen and oxygen atoms in total. The minimum Gasteiger partial charge on any atom is -0.348 e. The standard InChI is InChI=1S/C27H28N4O3S/c1-20-8-4-5-10-24(20)19-31(35(3,33)34)25-14-12-22(13-15-25)27(32)29-18-23-9-6-7-11-26(23)30-17-16-28-21(30)2/h4-17H,18-19H2,1-3H3,(H,29,32). The van der Waals surface area contributed by atoms with Crippen molar-refractivity contribution in [3.05, 3.63) is 113 Å². The van der Waals surface area contributed by atoms with Crippen LogP contribution in [0, 0.1) is 13.8 Å². The number of benzene rings is 3. The fraction of sp³-hybridized carbons (Fsp3) is 0.185. The van der Waals surface area contributed by atoms with Crippen LogP contribution in [0.2, 0.25) is 0 Å². The Morgan fingerprint density at radius 2 is 1.60 bits per heavy atom. The molecule has 35 heavy (non-hydrogen) atoms. The van der Waals surface area contributed by atoms with Crippen molar-refractivity contribution in [3.8, 4) is 5.69 Å². The molecule has 180 valence electrons. The average Bonchev–Trinajstić information content (AvgIpc) is 3.27. The molecule has 0 aliphatic rings. The molecule has 0 aliphatic carbocycles. The van der Waals surface area contributed by atoms with Gasteiger partial charge in [0.1, 0.15) is 5.82 Å². The van der Waals surface area contributed by atoms with E-state index < -0.39 is 10.0 Å². The van der Waals surface area contributed by atoms with Crippen molar-refractivity contribution in [3.63, 3.8) is 0 Å². The van der Waals surface area contributed by atoms with E-state index >= 15 is 0 Å². The van der Waals surface area contributed by atoms with Gasteiger partial charge in [0.15, 0.2) is 0 Å². The zero-order valence-corrected chi connectivity index (χ0v) is 20.8. The molecule has 0 unspecified atom stereocenters. The molecule has 1 heterocycles. The first-order chi connectivity index (χ1) is 16.7. The van der Waals surface area contributed by atoms with Crippen LogP contribution in [0.4, 0.5) is 5.69 Å². The van der Waals surface area contributed by atoms with Crippen molar-refractivity contribution in [2.75, 3.05) is 10.6 Å². The summed E-state index contributed by atoms with van der Waals surface area (Å²) in [6, 6.07) is 22.1. The molecule has 4 aromatic rings. The van der Waals surface area contributed by atoms with E-state index in [9.17, 15) is 13.2 Å². The molecular formula is C27H28N4O3S. The predicted octanol–water partition coefficient (Wildman–Crippen LogP) is 4.39. The Morgan fingerprint density at radius 1 is 0.943 bits per heavy atom. The van der Waals surface area contributed by atoms with E-state index in [1.165, 1.54) is 10.6 Å². The molecule has 8 heteroatoms. The molecule has 1 N–H and O–H groups in total. The number of amides is 1. The summed E-state index contributed by atoms with van der Waals surface area (Å²) in [4.78, 5) is 17.1. The number of anilines is 1. The summed E-state index contributed by atoms with van der Waals surface area (Å²) >= 11 is 0. The highest BCUT2D eigenvalue weighted by Gasteiger charge is 2.19. The van der Waals surface area contributed by atoms with Crippen molar-refractivity contribution in [2.45, 2.75) is 26.9 Å². The van der Waals surface area contributed by atoms with E-state index in [0.717, 1.165) is 28.2 Å². The summed E-state index contributed by atoms with van der Waals surface area (Å²) in [7, 11) is -3.52. The zero-order chi connectivity index (χ0) is 25.0. The maximum Gasteiger partial charge on any atom is 0.251 e. The fourth-order valence-electron chi connectivity index (χ4n) is 3.93. The van der Waals surface area contributed by atoms with Crippen molar-refractivity contribution in [1.29, 1.82) is 0 Å². The molecule has 1 aromatic heterocycles. The predicted molar refractivity (Wildman–Crippen MR) is 138 cm³/mol. The van der Waals surface area contributed by atoms with Crippen molar-refractivity contribution < 1.29 is 13.2 Å². The third-order valence-electron chi connectivity index (χ3n) is 5.91. The van der Waals surface area contributed by atoms with Gasteiger partial charge in [-0.05, 0) is 60.9 Å². The summed E-state index contributed by atoms with van der Waals surface area (Å²) in [6.45, 7) is 4.45. The van der Waals surface area contributed by atoms with Crippen LogP contribution in [0.15, 0.2) is 85.2 Å². The van der Waals surface area contributed by atoms with E-state index in [4.69, 9.17) is 0 Å². The van der Waals surface area contributed by atoms with Gasteiger partial charge in [-0.2, -0.15) is 0 Å². The van der Waals surface area contributed by atoms with Crippen LogP contribution >= 0.6 is 0 Å². The van der Waals surface area contributed by atoms with Gasteiger partial charge in [-0.1, -0.05) is 42.5 Å². The molecule has 3 aromatic carbocycles. The first kappa shape index (κ1) is 24.2. The summed E-state index contributed by atoms with van der Waals surface area (Å²) < 4.78 is 28.4. The van der Waals surface area contributed by atoms with E-state index in [2.05, 4.69) is 10.3 Å². The smallest absolute Gasteiger partial charge is 0.251 e. The highest BCUT2D eigenvalue weighted by atomic mass is 32.2. The molecule has 0 bridgehead atoms. The van der Waals surface area contributed by atoms with Crippen LogP contribution in [0.5, 0.6) is 0 Å². The monoisotopic (exact) mass is 488 g/mol. The Hall–Kier alpha value is -3.91.